The first-order valence-corrected chi connectivity index (χ1v) is 11.3. The molecule has 1 amide bonds. The van der Waals surface area contributed by atoms with Crippen LogP contribution in [-0.4, -0.2) is 45.8 Å². The number of benzene rings is 2. The van der Waals surface area contributed by atoms with Crippen molar-refractivity contribution in [2.24, 2.45) is 0 Å². The number of fused-ring (bicyclic) bond motifs is 1. The number of sulfonamides is 1. The summed E-state index contributed by atoms with van der Waals surface area (Å²) in [5.41, 5.74) is 2.60. The van der Waals surface area contributed by atoms with Crippen molar-refractivity contribution in [3.05, 3.63) is 53.1 Å². The first-order chi connectivity index (χ1) is 14.1. The number of hydrogen-bond acceptors (Lipinski definition) is 6. The predicted octanol–water partition coefficient (Wildman–Crippen LogP) is 2.65. The molecule has 0 bridgehead atoms. The molecule has 1 unspecified atom stereocenters. The molecule has 0 fully saturated rings. The maximum atomic E-state index is 12.9. The van der Waals surface area contributed by atoms with Crippen molar-refractivity contribution < 1.29 is 27.5 Å². The molecule has 0 radical (unpaired) electrons. The van der Waals surface area contributed by atoms with E-state index in [9.17, 15) is 18.0 Å². The molecule has 8 nitrogen and oxygen atoms in total. The molecule has 2 aromatic rings. The van der Waals surface area contributed by atoms with Gasteiger partial charge < -0.3 is 14.8 Å². The van der Waals surface area contributed by atoms with Gasteiger partial charge in [-0.15, -0.1) is 0 Å². The fourth-order valence-corrected chi connectivity index (χ4v) is 4.13. The number of nitrogens with zero attached hydrogens (tertiary/aromatic N) is 1. The minimum Gasteiger partial charge on any atom is -0.476 e. The molecule has 1 aliphatic rings. The molecule has 0 saturated carbocycles. The molecule has 0 spiro atoms. The van der Waals surface area contributed by atoms with Crippen LogP contribution in [0.4, 0.5) is 11.4 Å². The largest absolute Gasteiger partial charge is 0.476 e. The quantitative estimate of drug-likeness (QED) is 0.729. The summed E-state index contributed by atoms with van der Waals surface area (Å²) in [5.74, 6) is -0.680. The summed E-state index contributed by atoms with van der Waals surface area (Å²) in [7, 11) is -3.62. The summed E-state index contributed by atoms with van der Waals surface area (Å²) < 4.78 is 36.6. The smallest absolute Gasteiger partial charge is 0.338 e. The number of hydrogen-bond donors (Lipinski definition) is 1. The van der Waals surface area contributed by atoms with E-state index in [1.54, 1.807) is 50.2 Å². The normalized spacial score (nSPS) is 15.7. The van der Waals surface area contributed by atoms with Crippen LogP contribution >= 0.6 is 0 Å². The Balaban J connectivity index is 1.87. The molecule has 1 heterocycles. The van der Waals surface area contributed by atoms with Gasteiger partial charge in [0, 0.05) is 5.69 Å². The van der Waals surface area contributed by atoms with Crippen LogP contribution in [0.3, 0.4) is 0 Å². The predicted molar refractivity (Wildman–Crippen MR) is 114 cm³/mol. The van der Waals surface area contributed by atoms with Gasteiger partial charge in [-0.2, -0.15) is 0 Å². The van der Waals surface area contributed by atoms with Crippen LogP contribution in [0.5, 0.6) is 5.75 Å². The Morgan fingerprint density at radius 1 is 1.23 bits per heavy atom. The van der Waals surface area contributed by atoms with Crippen LogP contribution in [0.2, 0.25) is 0 Å². The summed E-state index contributed by atoms with van der Waals surface area (Å²) in [6, 6.07) is 10.0. The highest BCUT2D eigenvalue weighted by molar-refractivity contribution is 7.92. The fourth-order valence-electron chi connectivity index (χ4n) is 3.23. The number of amides is 1. The Kier molecular flexibility index (Phi) is 6.02. The third kappa shape index (κ3) is 4.40. The molecular weight excluding hydrogens is 408 g/mol. The van der Waals surface area contributed by atoms with E-state index in [1.807, 2.05) is 6.92 Å². The lowest BCUT2D eigenvalue weighted by Crippen LogP contribution is -2.48. The topological polar surface area (TPSA) is 102 Å². The maximum Gasteiger partial charge on any atom is 0.338 e. The molecule has 2 aromatic carbocycles. The number of nitrogens with one attached hydrogen (secondary N) is 1. The number of aryl methyl sites for hydroxylation is 1. The van der Waals surface area contributed by atoms with Crippen molar-refractivity contribution in [3.63, 3.8) is 0 Å². The lowest BCUT2D eigenvalue weighted by Gasteiger charge is -2.34. The Morgan fingerprint density at radius 3 is 2.63 bits per heavy atom. The van der Waals surface area contributed by atoms with Gasteiger partial charge in [0.05, 0.1) is 30.7 Å². The molecule has 0 aromatic heterocycles. The van der Waals surface area contributed by atoms with Crippen LogP contribution in [0.25, 0.3) is 0 Å². The zero-order valence-electron chi connectivity index (χ0n) is 17.3. The highest BCUT2D eigenvalue weighted by Gasteiger charge is 2.35. The van der Waals surface area contributed by atoms with E-state index >= 15 is 0 Å². The molecule has 160 valence electrons. The average Bonchev–Trinajstić information content (AvgIpc) is 2.68. The van der Waals surface area contributed by atoms with Crippen LogP contribution < -0.4 is 14.4 Å². The molecule has 30 heavy (non-hydrogen) atoms. The summed E-state index contributed by atoms with van der Waals surface area (Å²) in [5, 5.41) is 2.74. The van der Waals surface area contributed by atoms with E-state index < -0.39 is 28.0 Å². The summed E-state index contributed by atoms with van der Waals surface area (Å²) in [4.78, 5) is 25.0. The first-order valence-electron chi connectivity index (χ1n) is 9.44. The average molecular weight is 432 g/mol. The van der Waals surface area contributed by atoms with Crippen molar-refractivity contribution >= 4 is 33.3 Å². The summed E-state index contributed by atoms with van der Waals surface area (Å²) in [6.45, 7) is 5.35. The van der Waals surface area contributed by atoms with Crippen LogP contribution in [0.1, 0.15) is 28.4 Å². The molecule has 0 aliphatic carbocycles. The molecule has 9 heteroatoms. The second-order valence-corrected chi connectivity index (χ2v) is 8.97. The minimum atomic E-state index is -3.62. The zero-order chi connectivity index (χ0) is 22.1. The van der Waals surface area contributed by atoms with Gasteiger partial charge in [0.2, 0.25) is 10.0 Å². The van der Waals surface area contributed by atoms with Gasteiger partial charge in [0.25, 0.3) is 5.91 Å². The number of carbonyl (C=O) groups is 2. The van der Waals surface area contributed by atoms with Crippen LogP contribution in [-0.2, 0) is 19.6 Å². The van der Waals surface area contributed by atoms with Gasteiger partial charge in [-0.3, -0.25) is 9.10 Å². The monoisotopic (exact) mass is 432 g/mol. The number of esters is 1. The molecule has 1 atom stereocenters. The van der Waals surface area contributed by atoms with Crippen molar-refractivity contribution in [3.8, 4) is 5.75 Å². The second kappa shape index (κ2) is 8.35. The second-order valence-electron chi connectivity index (χ2n) is 7.06. The third-order valence-electron chi connectivity index (χ3n) is 4.76. The van der Waals surface area contributed by atoms with Gasteiger partial charge in [-0.25, -0.2) is 13.2 Å². The van der Waals surface area contributed by atoms with Crippen molar-refractivity contribution in [2.45, 2.75) is 26.9 Å². The standard InChI is InChI=1S/C21H24N2O6S/c1-5-28-21(25)15-7-6-8-16(14(15)3)22-20(24)19-12-23(30(4,26)27)17-11-13(2)9-10-18(17)29-19/h6-11,19H,5,12H2,1-4H3,(H,22,24). The van der Waals surface area contributed by atoms with Gasteiger partial charge >= 0.3 is 5.97 Å². The van der Waals surface area contributed by atoms with E-state index in [0.717, 1.165) is 11.8 Å². The molecule has 1 N–H and O–H groups in total. The number of carbonyl (C=O) groups excluding carboxylic acids is 2. The van der Waals surface area contributed by atoms with E-state index in [1.165, 1.54) is 4.31 Å². The molecule has 0 saturated heterocycles. The van der Waals surface area contributed by atoms with Crippen molar-refractivity contribution in [2.75, 3.05) is 29.0 Å². The molecule has 3 rings (SSSR count). The lowest BCUT2D eigenvalue weighted by molar-refractivity contribution is -0.122. The van der Waals surface area contributed by atoms with Crippen molar-refractivity contribution in [1.82, 2.24) is 0 Å². The third-order valence-corrected chi connectivity index (χ3v) is 5.91. The van der Waals surface area contributed by atoms with Gasteiger partial charge in [0.1, 0.15) is 5.75 Å². The lowest BCUT2D eigenvalue weighted by atomic mass is 10.1. The van der Waals surface area contributed by atoms with E-state index in [0.29, 0.717) is 28.3 Å². The molecule has 1 aliphatic heterocycles. The highest BCUT2D eigenvalue weighted by atomic mass is 32.2. The van der Waals surface area contributed by atoms with Gasteiger partial charge in [0.15, 0.2) is 6.10 Å². The summed E-state index contributed by atoms with van der Waals surface area (Å²) in [6.07, 6.45) is 0.0346. The van der Waals surface area contributed by atoms with E-state index in [4.69, 9.17) is 9.47 Å². The van der Waals surface area contributed by atoms with E-state index in [2.05, 4.69) is 5.32 Å². The minimum absolute atomic E-state index is 0.155. The van der Waals surface area contributed by atoms with Gasteiger partial charge in [-0.05, 0) is 56.2 Å². The van der Waals surface area contributed by atoms with Crippen LogP contribution in [0.15, 0.2) is 36.4 Å². The Hall–Kier alpha value is -3.07. The Bertz CT molecular complexity index is 1100. The zero-order valence-corrected chi connectivity index (χ0v) is 18.1. The van der Waals surface area contributed by atoms with Crippen LogP contribution in [0, 0.1) is 13.8 Å². The van der Waals surface area contributed by atoms with E-state index in [-0.39, 0.29) is 13.2 Å². The first kappa shape index (κ1) is 21.6. The van der Waals surface area contributed by atoms with Gasteiger partial charge in [-0.1, -0.05) is 12.1 Å². The Morgan fingerprint density at radius 2 is 1.97 bits per heavy atom. The number of rotatable bonds is 5. The number of anilines is 2. The Labute approximate surface area is 175 Å². The molecular formula is C21H24N2O6S. The SMILES string of the molecule is CCOC(=O)c1cccc(NC(=O)C2CN(S(C)(=O)=O)c3cc(C)ccc3O2)c1C. The fraction of sp³-hybridized carbons (Fsp3) is 0.333. The number of ether oxygens (including phenoxy) is 2. The highest BCUT2D eigenvalue weighted by Crippen LogP contribution is 2.36. The van der Waals surface area contributed by atoms with Crippen molar-refractivity contribution in [1.29, 1.82) is 0 Å². The maximum absolute atomic E-state index is 12.9. The summed E-state index contributed by atoms with van der Waals surface area (Å²) >= 11 is 0.